The van der Waals surface area contributed by atoms with Crippen molar-refractivity contribution in [1.29, 1.82) is 0 Å². The Balaban J connectivity index is 1.33. The number of hydrogen-bond donors (Lipinski definition) is 2. The number of nitrogens with zero attached hydrogens (tertiary/aromatic N) is 5. The summed E-state index contributed by atoms with van der Waals surface area (Å²) in [4.78, 5) is 20.0. The summed E-state index contributed by atoms with van der Waals surface area (Å²) in [6.07, 6.45) is 1.79. The van der Waals surface area contributed by atoms with Crippen LogP contribution in [0, 0.1) is 6.92 Å². The van der Waals surface area contributed by atoms with Crippen LogP contribution >= 0.6 is 11.3 Å². The van der Waals surface area contributed by atoms with Gasteiger partial charge in [0.2, 0.25) is 5.95 Å². The van der Waals surface area contributed by atoms with E-state index in [-0.39, 0.29) is 0 Å². The third-order valence-corrected chi connectivity index (χ3v) is 7.94. The van der Waals surface area contributed by atoms with Gasteiger partial charge in [0.15, 0.2) is 5.13 Å². The Kier molecular flexibility index (Phi) is 9.10. The zero-order valence-corrected chi connectivity index (χ0v) is 24.4. The molecule has 2 aromatic carbocycles. The Labute approximate surface area is 240 Å². The van der Waals surface area contributed by atoms with Gasteiger partial charge in [-0.25, -0.2) is 15.0 Å². The van der Waals surface area contributed by atoms with Crippen LogP contribution in [0.5, 0.6) is 5.75 Å². The van der Waals surface area contributed by atoms with Crippen molar-refractivity contribution in [1.82, 2.24) is 19.9 Å². The summed E-state index contributed by atoms with van der Waals surface area (Å²) >= 11 is 1.59. The molecule has 3 heterocycles. The number of likely N-dealkylation sites (N-methyl/N-ethyl adjacent to an activating group) is 1. The number of ether oxygens (including phenoxy) is 2. The minimum Gasteiger partial charge on any atom is -0.497 e. The number of methoxy groups -OCH3 is 1. The van der Waals surface area contributed by atoms with Crippen molar-refractivity contribution in [3.8, 4) is 27.6 Å². The molecule has 2 N–H and O–H groups in total. The number of morpholine rings is 1. The topological polar surface area (TPSA) is 87.7 Å². The highest BCUT2D eigenvalue weighted by molar-refractivity contribution is 7.19. The van der Waals surface area contributed by atoms with E-state index in [0.717, 1.165) is 84.3 Å². The van der Waals surface area contributed by atoms with Gasteiger partial charge in [0.1, 0.15) is 5.75 Å². The molecule has 40 heavy (non-hydrogen) atoms. The summed E-state index contributed by atoms with van der Waals surface area (Å²) in [5.74, 6) is 1.33. The van der Waals surface area contributed by atoms with Crippen molar-refractivity contribution in [3.63, 3.8) is 0 Å². The number of hydrogen-bond acceptors (Lipinski definition) is 10. The summed E-state index contributed by atoms with van der Waals surface area (Å²) < 4.78 is 10.9. The highest BCUT2D eigenvalue weighted by atomic mass is 32.1. The van der Waals surface area contributed by atoms with E-state index in [1.165, 1.54) is 11.3 Å². The minimum atomic E-state index is 0.542. The number of nitrogens with one attached hydrogen (secondary N) is 2. The Morgan fingerprint density at radius 3 is 2.73 bits per heavy atom. The molecule has 1 fully saturated rings. The van der Waals surface area contributed by atoms with Crippen molar-refractivity contribution in [2.75, 3.05) is 75.6 Å². The maximum atomic E-state index is 5.47. The third kappa shape index (κ3) is 6.70. The smallest absolute Gasteiger partial charge is 0.227 e. The van der Waals surface area contributed by atoms with Gasteiger partial charge in [0.05, 0.1) is 36.6 Å². The molecule has 1 aliphatic rings. The molecule has 0 bridgehead atoms. The second-order valence-corrected chi connectivity index (χ2v) is 10.7. The Morgan fingerprint density at radius 1 is 1.10 bits per heavy atom. The number of thiazole rings is 1. The van der Waals surface area contributed by atoms with E-state index in [0.29, 0.717) is 5.95 Å². The Morgan fingerprint density at radius 2 is 1.95 bits per heavy atom. The SMILES string of the molecule is CCNc1nc(-c2cccc(OC)c2)c(-c2ccnc(Nc3ccc(N(C)CCN4CCOCC4)c(C)c3)n2)s1. The molecule has 0 radical (unpaired) electrons. The number of aromatic nitrogens is 3. The van der Waals surface area contributed by atoms with Crippen LogP contribution < -0.4 is 20.3 Å². The average molecular weight is 560 g/mol. The molecule has 0 spiro atoms. The molecule has 0 aliphatic carbocycles. The van der Waals surface area contributed by atoms with Crippen LogP contribution in [0.1, 0.15) is 12.5 Å². The van der Waals surface area contributed by atoms with Crippen LogP contribution in [-0.2, 0) is 4.74 Å². The lowest BCUT2D eigenvalue weighted by molar-refractivity contribution is 0.0393. The van der Waals surface area contributed by atoms with Crippen LogP contribution in [0.2, 0.25) is 0 Å². The fourth-order valence-corrected chi connectivity index (χ4v) is 5.78. The molecule has 5 rings (SSSR count). The number of rotatable bonds is 11. The maximum Gasteiger partial charge on any atom is 0.227 e. The number of aryl methyl sites for hydroxylation is 1. The minimum absolute atomic E-state index is 0.542. The summed E-state index contributed by atoms with van der Waals surface area (Å²) in [5, 5.41) is 7.60. The lowest BCUT2D eigenvalue weighted by atomic mass is 10.1. The predicted octanol–water partition coefficient (Wildman–Crippen LogP) is 5.53. The molecule has 1 aliphatic heterocycles. The molecule has 2 aromatic heterocycles. The molecule has 0 unspecified atom stereocenters. The van der Waals surface area contributed by atoms with E-state index in [2.05, 4.69) is 64.5 Å². The van der Waals surface area contributed by atoms with Gasteiger partial charge in [-0.1, -0.05) is 23.5 Å². The summed E-state index contributed by atoms with van der Waals surface area (Å²) in [5.41, 5.74) is 6.02. The summed E-state index contributed by atoms with van der Waals surface area (Å²) in [6.45, 7) is 10.7. The van der Waals surface area contributed by atoms with Gasteiger partial charge in [-0.05, 0) is 55.8 Å². The van der Waals surface area contributed by atoms with Crippen LogP contribution in [0.25, 0.3) is 21.8 Å². The molecule has 210 valence electrons. The molecule has 0 atom stereocenters. The molecule has 9 nitrogen and oxygen atoms in total. The maximum absolute atomic E-state index is 5.47. The van der Waals surface area contributed by atoms with Crippen molar-refractivity contribution >= 4 is 33.8 Å². The molecule has 10 heteroatoms. The standard InChI is InChI=1S/C30H37N7O2S/c1-5-31-30-35-27(22-7-6-8-24(20-22)38-4)28(40-30)25-11-12-32-29(34-25)33-23-9-10-26(21(2)19-23)36(3)13-14-37-15-17-39-18-16-37/h6-12,19-20H,5,13-18H2,1-4H3,(H,31,35)(H,32,33,34). The van der Waals surface area contributed by atoms with Gasteiger partial charge in [-0.15, -0.1) is 0 Å². The molecule has 0 saturated carbocycles. The fourth-order valence-electron chi connectivity index (χ4n) is 4.76. The zero-order valence-electron chi connectivity index (χ0n) is 23.6. The third-order valence-electron chi connectivity index (χ3n) is 6.91. The van der Waals surface area contributed by atoms with Gasteiger partial charge in [-0.3, -0.25) is 4.90 Å². The van der Waals surface area contributed by atoms with Crippen LogP contribution in [0.15, 0.2) is 54.7 Å². The van der Waals surface area contributed by atoms with Crippen LogP contribution in [0.3, 0.4) is 0 Å². The highest BCUT2D eigenvalue weighted by Gasteiger charge is 2.18. The van der Waals surface area contributed by atoms with E-state index < -0.39 is 0 Å². The largest absolute Gasteiger partial charge is 0.497 e. The van der Waals surface area contributed by atoms with Gasteiger partial charge in [-0.2, -0.15) is 0 Å². The molecular formula is C30H37N7O2S. The number of benzene rings is 2. The zero-order chi connectivity index (χ0) is 27.9. The Hall–Kier alpha value is -3.73. The number of anilines is 4. The predicted molar refractivity (Wildman–Crippen MR) is 164 cm³/mol. The summed E-state index contributed by atoms with van der Waals surface area (Å²) in [7, 11) is 3.82. The van der Waals surface area contributed by atoms with Crippen LogP contribution in [-0.4, -0.2) is 79.9 Å². The van der Waals surface area contributed by atoms with Gasteiger partial charge >= 0.3 is 0 Å². The first-order valence-electron chi connectivity index (χ1n) is 13.7. The van der Waals surface area contributed by atoms with Gasteiger partial charge < -0.3 is 25.0 Å². The van der Waals surface area contributed by atoms with Crippen molar-refractivity contribution in [2.24, 2.45) is 0 Å². The van der Waals surface area contributed by atoms with Crippen molar-refractivity contribution in [2.45, 2.75) is 13.8 Å². The first kappa shape index (κ1) is 27.8. The lowest BCUT2D eigenvalue weighted by Gasteiger charge is -2.30. The van der Waals surface area contributed by atoms with Crippen molar-refractivity contribution in [3.05, 3.63) is 60.3 Å². The first-order valence-corrected chi connectivity index (χ1v) is 14.5. The molecule has 4 aromatic rings. The lowest BCUT2D eigenvalue weighted by Crippen LogP contribution is -2.40. The van der Waals surface area contributed by atoms with Gasteiger partial charge in [0, 0.05) is 62.9 Å². The highest BCUT2D eigenvalue weighted by Crippen LogP contribution is 2.39. The fraction of sp³-hybridized carbons (Fsp3) is 0.367. The van der Waals surface area contributed by atoms with Crippen molar-refractivity contribution < 1.29 is 9.47 Å². The average Bonchev–Trinajstić information content (AvgIpc) is 3.41. The van der Waals surface area contributed by atoms with E-state index in [1.807, 2.05) is 30.3 Å². The van der Waals surface area contributed by atoms with E-state index in [1.54, 1.807) is 24.6 Å². The normalized spacial score (nSPS) is 13.7. The van der Waals surface area contributed by atoms with Gasteiger partial charge in [0.25, 0.3) is 0 Å². The second-order valence-electron chi connectivity index (χ2n) is 9.73. The molecule has 0 amide bonds. The van der Waals surface area contributed by atoms with Crippen LogP contribution in [0.4, 0.5) is 22.5 Å². The van der Waals surface area contributed by atoms with E-state index >= 15 is 0 Å². The quantitative estimate of drug-likeness (QED) is 0.246. The second kappa shape index (κ2) is 13.1. The first-order chi connectivity index (χ1) is 19.5. The monoisotopic (exact) mass is 559 g/mol. The summed E-state index contributed by atoms with van der Waals surface area (Å²) in [6, 6.07) is 16.3. The molecular weight excluding hydrogens is 522 g/mol. The molecule has 1 saturated heterocycles. The van der Waals surface area contributed by atoms with E-state index in [9.17, 15) is 0 Å². The van der Waals surface area contributed by atoms with E-state index in [4.69, 9.17) is 19.4 Å². The Bertz CT molecular complexity index is 1420.